The van der Waals surface area contributed by atoms with E-state index in [1.165, 1.54) is 267 Å². The molecule has 278 valence electrons. The van der Waals surface area contributed by atoms with Gasteiger partial charge in [-0.2, -0.15) is 0 Å². The fourth-order valence-electron chi connectivity index (χ4n) is 8.61. The lowest BCUT2D eigenvalue weighted by atomic mass is 10.0. The monoisotopic (exact) mass is 689 g/mol. The van der Waals surface area contributed by atoms with Gasteiger partial charge in [0.25, 0.3) is 0 Å². The van der Waals surface area contributed by atoms with Crippen molar-refractivity contribution in [1.82, 2.24) is 0 Å². The first kappa shape index (κ1) is 46.5. The molecule has 0 amide bonds. The van der Waals surface area contributed by atoms with Crippen molar-refractivity contribution in [3.63, 3.8) is 0 Å². The van der Waals surface area contributed by atoms with Crippen LogP contribution >= 0.6 is 0 Å². The summed E-state index contributed by atoms with van der Waals surface area (Å²) in [7, 11) is 0. The predicted octanol–water partition coefficient (Wildman–Crippen LogP) is 7.18. The summed E-state index contributed by atoms with van der Waals surface area (Å²) in [5.41, 5.74) is 0. The van der Waals surface area contributed by atoms with E-state index in [-0.39, 0.29) is 24.8 Å². The largest absolute Gasteiger partial charge is 1.00 e. The molecule has 0 aliphatic carbocycles. The number of fused-ring (bicyclic) bond motifs is 3. The van der Waals surface area contributed by atoms with Crippen molar-refractivity contribution >= 4 is 0 Å². The minimum Gasteiger partial charge on any atom is -1.00 e. The molecule has 2 nitrogen and oxygen atoms in total. The molecular formula is C42H86Cl2N2. The summed E-state index contributed by atoms with van der Waals surface area (Å²) in [6, 6.07) is 0. The molecule has 3 saturated heterocycles. The molecule has 0 spiro atoms. The van der Waals surface area contributed by atoms with Crippen LogP contribution < -0.4 is 24.8 Å². The molecule has 0 radical (unpaired) electrons. The van der Waals surface area contributed by atoms with Crippen LogP contribution in [-0.4, -0.2) is 61.3 Å². The Hall–Kier alpha value is 0.500. The third-order valence-corrected chi connectivity index (χ3v) is 12.1. The highest BCUT2D eigenvalue weighted by Gasteiger charge is 2.48. The topological polar surface area (TPSA) is 0 Å². The van der Waals surface area contributed by atoms with E-state index in [0.29, 0.717) is 0 Å². The number of rotatable bonds is 34. The van der Waals surface area contributed by atoms with Gasteiger partial charge in [0, 0.05) is 0 Å². The molecule has 0 saturated carbocycles. The number of hydrogen-bond donors (Lipinski definition) is 0. The second-order valence-corrected chi connectivity index (χ2v) is 16.1. The predicted molar refractivity (Wildman–Crippen MR) is 199 cm³/mol. The maximum absolute atomic E-state index is 2.31. The summed E-state index contributed by atoms with van der Waals surface area (Å²) >= 11 is 0. The SMILES string of the molecule is CCCCCCCCCCCCCCCCCC[N+]12CC[N+](CCCCCCCCCCCCCCCCCC)(CC1)CC2.[Cl-].[Cl-]. The summed E-state index contributed by atoms with van der Waals surface area (Å²) in [6.45, 7) is 16.6. The third kappa shape index (κ3) is 23.8. The number of halogens is 2. The van der Waals surface area contributed by atoms with Gasteiger partial charge in [0.15, 0.2) is 0 Å². The quantitative estimate of drug-likeness (QED) is 0.0497. The molecule has 3 heterocycles. The van der Waals surface area contributed by atoms with Gasteiger partial charge in [-0.15, -0.1) is 0 Å². The van der Waals surface area contributed by atoms with Gasteiger partial charge >= 0.3 is 0 Å². The van der Waals surface area contributed by atoms with Gasteiger partial charge in [-0.1, -0.05) is 194 Å². The molecule has 0 atom stereocenters. The molecule has 0 unspecified atom stereocenters. The Morgan fingerprint density at radius 1 is 0.239 bits per heavy atom. The van der Waals surface area contributed by atoms with Gasteiger partial charge in [0.1, 0.15) is 39.3 Å². The highest BCUT2D eigenvalue weighted by atomic mass is 35.5. The van der Waals surface area contributed by atoms with E-state index in [9.17, 15) is 0 Å². The molecule has 2 bridgehead atoms. The first-order valence-electron chi connectivity index (χ1n) is 21.4. The van der Waals surface area contributed by atoms with Crippen molar-refractivity contribution in [1.29, 1.82) is 0 Å². The van der Waals surface area contributed by atoms with E-state index in [4.69, 9.17) is 0 Å². The lowest BCUT2D eigenvalue weighted by Gasteiger charge is -2.55. The highest BCUT2D eigenvalue weighted by Crippen LogP contribution is 2.28. The van der Waals surface area contributed by atoms with Crippen molar-refractivity contribution in [2.45, 2.75) is 219 Å². The van der Waals surface area contributed by atoms with Crippen molar-refractivity contribution in [2.24, 2.45) is 0 Å². The Bertz CT molecular complexity index is 536. The van der Waals surface area contributed by atoms with Gasteiger partial charge in [0.05, 0.1) is 13.1 Å². The van der Waals surface area contributed by atoms with E-state index < -0.39 is 0 Å². The smallest absolute Gasteiger partial charge is 0.129 e. The summed E-state index contributed by atoms with van der Waals surface area (Å²) in [6.07, 6.45) is 47.4. The molecule has 4 heteroatoms. The number of quaternary nitrogens is 2. The van der Waals surface area contributed by atoms with Crippen LogP contribution in [0.15, 0.2) is 0 Å². The zero-order chi connectivity index (χ0) is 31.3. The Morgan fingerprint density at radius 3 is 0.565 bits per heavy atom. The summed E-state index contributed by atoms with van der Waals surface area (Å²) in [5.74, 6) is 0. The van der Waals surface area contributed by atoms with Gasteiger partial charge in [-0.3, -0.25) is 0 Å². The van der Waals surface area contributed by atoms with Gasteiger partial charge in [-0.05, 0) is 25.7 Å². The summed E-state index contributed by atoms with van der Waals surface area (Å²) < 4.78 is 3.00. The maximum Gasteiger partial charge on any atom is 0.129 e. The van der Waals surface area contributed by atoms with Crippen molar-refractivity contribution < 1.29 is 33.8 Å². The molecule has 46 heavy (non-hydrogen) atoms. The summed E-state index contributed by atoms with van der Waals surface area (Å²) in [4.78, 5) is 0. The first-order valence-corrected chi connectivity index (χ1v) is 21.4. The molecule has 3 aliphatic heterocycles. The molecule has 3 rings (SSSR count). The average molecular weight is 690 g/mol. The van der Waals surface area contributed by atoms with E-state index in [2.05, 4.69) is 13.8 Å². The lowest BCUT2D eigenvalue weighted by molar-refractivity contribution is -1.08. The lowest BCUT2D eigenvalue weighted by Crippen LogP contribution is -3.00. The molecule has 0 aromatic heterocycles. The third-order valence-electron chi connectivity index (χ3n) is 12.1. The molecule has 3 fully saturated rings. The van der Waals surface area contributed by atoms with E-state index >= 15 is 0 Å². The molecule has 0 aromatic rings. The zero-order valence-electron chi connectivity index (χ0n) is 31.9. The van der Waals surface area contributed by atoms with Crippen LogP contribution in [0.5, 0.6) is 0 Å². The maximum atomic E-state index is 2.31. The Kier molecular flexibility index (Phi) is 33.0. The highest BCUT2D eigenvalue weighted by molar-refractivity contribution is 4.63. The number of nitrogens with zero attached hydrogens (tertiary/aromatic N) is 2. The molecule has 3 aliphatic rings. The Balaban J connectivity index is 0.0000101. The van der Waals surface area contributed by atoms with Gasteiger partial charge in [-0.25, -0.2) is 0 Å². The molecular weight excluding hydrogens is 603 g/mol. The first-order chi connectivity index (χ1) is 21.7. The Labute approximate surface area is 304 Å². The van der Waals surface area contributed by atoms with E-state index in [1.54, 1.807) is 0 Å². The van der Waals surface area contributed by atoms with Crippen LogP contribution in [0.3, 0.4) is 0 Å². The van der Waals surface area contributed by atoms with Crippen molar-refractivity contribution in [3.05, 3.63) is 0 Å². The van der Waals surface area contributed by atoms with Crippen molar-refractivity contribution in [3.8, 4) is 0 Å². The standard InChI is InChI=1S/C42H86N2.2ClH/c1-3-5-7-9-11-13-15-17-19-21-23-25-27-29-31-33-35-43-37-40-44(41-38-43,42-39-43)36-34-32-30-28-26-24-22-20-18-16-14-12-10-8-6-4-2;;/h3-42H2,1-2H3;2*1H/q+2;;/p-2. The zero-order valence-corrected chi connectivity index (χ0v) is 33.4. The van der Waals surface area contributed by atoms with Crippen LogP contribution in [0.4, 0.5) is 0 Å². The van der Waals surface area contributed by atoms with Crippen LogP contribution in [0, 0.1) is 0 Å². The van der Waals surface area contributed by atoms with Crippen molar-refractivity contribution in [2.75, 3.05) is 52.4 Å². The van der Waals surface area contributed by atoms with Crippen LogP contribution in [0.1, 0.15) is 219 Å². The minimum absolute atomic E-state index is 0. The number of unbranched alkanes of at least 4 members (excludes halogenated alkanes) is 30. The minimum atomic E-state index is 0. The second-order valence-electron chi connectivity index (χ2n) is 16.1. The van der Waals surface area contributed by atoms with Crippen LogP contribution in [0.25, 0.3) is 0 Å². The normalized spacial score (nSPS) is 20.5. The van der Waals surface area contributed by atoms with E-state index in [1.807, 2.05) is 0 Å². The summed E-state index contributed by atoms with van der Waals surface area (Å²) in [5, 5.41) is 0. The molecule has 0 N–H and O–H groups in total. The number of hydrogen-bond acceptors (Lipinski definition) is 0. The Morgan fingerprint density at radius 2 is 0.391 bits per heavy atom. The molecule has 0 aromatic carbocycles. The second kappa shape index (κ2) is 32.7. The van der Waals surface area contributed by atoms with Gasteiger partial charge in [0.2, 0.25) is 0 Å². The fraction of sp³-hybridized carbons (Fsp3) is 1.00. The van der Waals surface area contributed by atoms with Gasteiger partial charge < -0.3 is 33.8 Å². The number of piperazine rings is 3. The fourth-order valence-corrected chi connectivity index (χ4v) is 8.61. The van der Waals surface area contributed by atoms with Crippen LogP contribution in [0.2, 0.25) is 0 Å². The van der Waals surface area contributed by atoms with Crippen LogP contribution in [-0.2, 0) is 0 Å². The average Bonchev–Trinajstić information content (AvgIpc) is 3.05. The van der Waals surface area contributed by atoms with E-state index in [0.717, 1.165) is 0 Å².